The molecule has 0 aromatic rings. The average Bonchev–Trinajstić information content (AvgIpc) is 2.46. The van der Waals surface area contributed by atoms with Crippen LogP contribution in [0.2, 0.25) is 0 Å². The third-order valence-corrected chi connectivity index (χ3v) is 2.92. The summed E-state index contributed by atoms with van der Waals surface area (Å²) in [6.07, 6.45) is 2.54. The van der Waals surface area contributed by atoms with E-state index in [1.54, 1.807) is 0 Å². The van der Waals surface area contributed by atoms with Crippen molar-refractivity contribution >= 4 is 23.8 Å². The fraction of sp³-hybridized carbons (Fsp3) is 0.714. The number of amides is 1. The second-order valence-electron chi connectivity index (χ2n) is 4.82. The van der Waals surface area contributed by atoms with Crippen LogP contribution in [0.15, 0.2) is 0 Å². The second-order valence-corrected chi connectivity index (χ2v) is 4.82. The Morgan fingerprint density at radius 2 is 1.74 bits per heavy atom. The number of hydrogen-bond donors (Lipinski definition) is 4. The van der Waals surface area contributed by atoms with Crippen molar-refractivity contribution < 1.29 is 34.1 Å². The quantitative estimate of drug-likeness (QED) is 0.338. The summed E-state index contributed by atoms with van der Waals surface area (Å²) in [5.74, 6) is -3.92. The van der Waals surface area contributed by atoms with Gasteiger partial charge in [-0.2, -0.15) is 0 Å². The van der Waals surface area contributed by atoms with E-state index in [9.17, 15) is 19.2 Å². The molecular formula is C14H26N2O7. The predicted molar refractivity (Wildman–Crippen MR) is 81.6 cm³/mol. The summed E-state index contributed by atoms with van der Waals surface area (Å²) < 4.78 is 3.77. The molecule has 0 aliphatic carbocycles. The third-order valence-electron chi connectivity index (χ3n) is 2.92. The van der Waals surface area contributed by atoms with E-state index in [1.165, 1.54) is 0 Å². The van der Waals surface area contributed by atoms with Gasteiger partial charge in [-0.1, -0.05) is 20.3 Å². The van der Waals surface area contributed by atoms with Gasteiger partial charge in [-0.3, -0.25) is 9.59 Å². The Morgan fingerprint density at radius 3 is 2.00 bits per heavy atom. The Hall–Kier alpha value is -2.16. The largest absolute Gasteiger partial charge is 0.481 e. The molecular weight excluding hydrogens is 308 g/mol. The number of carboxylic acid groups (broad SMARTS) is 2. The molecule has 0 bridgehead atoms. The van der Waals surface area contributed by atoms with E-state index in [4.69, 9.17) is 15.9 Å². The van der Waals surface area contributed by atoms with E-state index >= 15 is 0 Å². The molecule has 0 fully saturated rings. The normalized spacial score (nSPS) is 12.3. The van der Waals surface area contributed by atoms with Crippen LogP contribution in [0.1, 0.15) is 39.5 Å². The number of carboxylic acids is 2. The summed E-state index contributed by atoms with van der Waals surface area (Å²) >= 11 is 0. The SMILES string of the molecule is CCC[C@@H](CN[C@@H](CC)C(N)=O)CC(=O)O.COC(=O)C(=O)O. The zero-order valence-corrected chi connectivity index (χ0v) is 13.7. The van der Waals surface area contributed by atoms with Crippen molar-refractivity contribution in [1.82, 2.24) is 5.32 Å². The number of esters is 1. The molecule has 5 N–H and O–H groups in total. The molecule has 0 saturated heterocycles. The van der Waals surface area contributed by atoms with Crippen LogP contribution in [0.4, 0.5) is 0 Å². The van der Waals surface area contributed by atoms with Gasteiger partial charge < -0.3 is 26.0 Å². The number of rotatable bonds is 9. The van der Waals surface area contributed by atoms with E-state index < -0.39 is 17.9 Å². The highest BCUT2D eigenvalue weighted by molar-refractivity contribution is 6.28. The maximum atomic E-state index is 11.0. The lowest BCUT2D eigenvalue weighted by atomic mass is 9.99. The van der Waals surface area contributed by atoms with Gasteiger partial charge in [0.15, 0.2) is 0 Å². The van der Waals surface area contributed by atoms with Crippen LogP contribution in [0.5, 0.6) is 0 Å². The number of hydrogen-bond acceptors (Lipinski definition) is 6. The van der Waals surface area contributed by atoms with Gasteiger partial charge in [-0.15, -0.1) is 0 Å². The summed E-state index contributed by atoms with van der Waals surface area (Å²) in [7, 11) is 1.01. The first-order valence-corrected chi connectivity index (χ1v) is 7.25. The highest BCUT2D eigenvalue weighted by Gasteiger charge is 2.17. The second kappa shape index (κ2) is 13.5. The number of carbonyl (C=O) groups is 4. The molecule has 0 rings (SSSR count). The van der Waals surface area contributed by atoms with Crippen LogP contribution in [-0.2, 0) is 23.9 Å². The van der Waals surface area contributed by atoms with Crippen molar-refractivity contribution in [2.24, 2.45) is 11.7 Å². The van der Waals surface area contributed by atoms with Gasteiger partial charge >= 0.3 is 17.9 Å². The lowest BCUT2D eigenvalue weighted by molar-refractivity contribution is -0.161. The zero-order chi connectivity index (χ0) is 18.4. The minimum Gasteiger partial charge on any atom is -0.481 e. The molecule has 0 saturated carbocycles. The molecule has 0 radical (unpaired) electrons. The van der Waals surface area contributed by atoms with Crippen LogP contribution in [0, 0.1) is 5.92 Å². The minimum atomic E-state index is -1.57. The molecule has 0 unspecified atom stereocenters. The Morgan fingerprint density at radius 1 is 1.17 bits per heavy atom. The first kappa shape index (κ1) is 23.1. The van der Waals surface area contributed by atoms with Crippen molar-refractivity contribution in [1.29, 1.82) is 0 Å². The number of primary amides is 1. The van der Waals surface area contributed by atoms with E-state index in [1.807, 2.05) is 13.8 Å². The Balaban J connectivity index is 0. The maximum Gasteiger partial charge on any atom is 0.417 e. The lowest BCUT2D eigenvalue weighted by Gasteiger charge is -2.18. The van der Waals surface area contributed by atoms with Gasteiger partial charge in [0.2, 0.25) is 5.91 Å². The number of carbonyl (C=O) groups excluding carboxylic acids is 2. The molecule has 0 spiro atoms. The molecule has 0 aliphatic heterocycles. The molecule has 0 aromatic heterocycles. The fourth-order valence-corrected chi connectivity index (χ4v) is 1.77. The van der Waals surface area contributed by atoms with Crippen LogP contribution in [0.25, 0.3) is 0 Å². The van der Waals surface area contributed by atoms with E-state index in [0.29, 0.717) is 13.0 Å². The molecule has 0 heterocycles. The molecule has 0 aliphatic rings. The third kappa shape index (κ3) is 13.2. The van der Waals surface area contributed by atoms with Gasteiger partial charge in [0, 0.05) is 6.42 Å². The maximum absolute atomic E-state index is 11.0. The van der Waals surface area contributed by atoms with Gasteiger partial charge in [0.05, 0.1) is 13.2 Å². The van der Waals surface area contributed by atoms with Crippen LogP contribution in [-0.4, -0.2) is 53.7 Å². The topological polar surface area (TPSA) is 156 Å². The molecule has 2 atom stereocenters. The van der Waals surface area contributed by atoms with Crippen molar-refractivity contribution in [2.45, 2.75) is 45.6 Å². The van der Waals surface area contributed by atoms with Gasteiger partial charge in [0.25, 0.3) is 0 Å². The zero-order valence-electron chi connectivity index (χ0n) is 13.7. The molecule has 23 heavy (non-hydrogen) atoms. The number of nitrogens with two attached hydrogens (primary N) is 1. The average molecular weight is 334 g/mol. The Labute approximate surface area is 135 Å². The summed E-state index contributed by atoms with van der Waals surface area (Å²) in [5.41, 5.74) is 5.19. The van der Waals surface area contributed by atoms with E-state index in [2.05, 4.69) is 10.1 Å². The van der Waals surface area contributed by atoms with Crippen molar-refractivity contribution in [3.8, 4) is 0 Å². The van der Waals surface area contributed by atoms with Crippen LogP contribution < -0.4 is 11.1 Å². The molecule has 0 aromatic carbocycles. The summed E-state index contributed by atoms with van der Waals surface area (Å²) in [5, 5.41) is 19.5. The van der Waals surface area contributed by atoms with Crippen LogP contribution >= 0.6 is 0 Å². The Bertz CT molecular complexity index is 399. The van der Waals surface area contributed by atoms with Gasteiger partial charge in [-0.25, -0.2) is 9.59 Å². The first-order valence-electron chi connectivity index (χ1n) is 7.25. The summed E-state index contributed by atoms with van der Waals surface area (Å²) in [6.45, 7) is 4.41. The van der Waals surface area contributed by atoms with Crippen molar-refractivity contribution in [3.63, 3.8) is 0 Å². The number of methoxy groups -OCH3 is 1. The lowest BCUT2D eigenvalue weighted by Crippen LogP contribution is -2.43. The minimum absolute atomic E-state index is 0.0656. The first-order chi connectivity index (χ1) is 10.7. The highest BCUT2D eigenvalue weighted by Crippen LogP contribution is 2.10. The van der Waals surface area contributed by atoms with E-state index in [-0.39, 0.29) is 24.3 Å². The number of aliphatic carboxylic acids is 2. The fourth-order valence-electron chi connectivity index (χ4n) is 1.77. The van der Waals surface area contributed by atoms with Gasteiger partial charge in [0.1, 0.15) is 0 Å². The molecule has 1 amide bonds. The highest BCUT2D eigenvalue weighted by atomic mass is 16.5. The van der Waals surface area contributed by atoms with Crippen molar-refractivity contribution in [3.05, 3.63) is 0 Å². The molecule has 134 valence electrons. The molecule has 9 nitrogen and oxygen atoms in total. The van der Waals surface area contributed by atoms with Crippen molar-refractivity contribution in [2.75, 3.05) is 13.7 Å². The number of ether oxygens (including phenoxy) is 1. The van der Waals surface area contributed by atoms with Crippen LogP contribution in [0.3, 0.4) is 0 Å². The monoisotopic (exact) mass is 334 g/mol. The van der Waals surface area contributed by atoms with E-state index in [0.717, 1.165) is 20.0 Å². The molecule has 9 heteroatoms. The number of nitrogens with one attached hydrogen (secondary N) is 1. The summed E-state index contributed by atoms with van der Waals surface area (Å²) in [4.78, 5) is 40.7. The Kier molecular flexibility index (Phi) is 13.6. The van der Waals surface area contributed by atoms with Gasteiger partial charge in [-0.05, 0) is 25.3 Å². The standard InChI is InChI=1S/C11H22N2O3.C3H4O4/c1-3-5-8(6-10(14)15)7-13-9(4-2)11(12)16;1-7-3(6)2(4)5/h8-9,13H,3-7H2,1-2H3,(H2,12,16)(H,14,15);1H3,(H,4,5)/t8-,9+;/m1./s1. The smallest absolute Gasteiger partial charge is 0.417 e. The summed E-state index contributed by atoms with van der Waals surface area (Å²) in [6, 6.07) is -0.354. The predicted octanol–water partition coefficient (Wildman–Crippen LogP) is -0.0251.